The Hall–Kier alpha value is -3.71. The van der Waals surface area contributed by atoms with Crippen LogP contribution < -0.4 is 10.6 Å². The van der Waals surface area contributed by atoms with E-state index in [4.69, 9.17) is 12.2 Å². The van der Waals surface area contributed by atoms with Crippen LogP contribution in [0.3, 0.4) is 0 Å². The number of thiocarbonyl (C=S) groups is 1. The van der Waals surface area contributed by atoms with Crippen LogP contribution in [0, 0.1) is 6.92 Å². The summed E-state index contributed by atoms with van der Waals surface area (Å²) >= 11 is 5.83. The summed E-state index contributed by atoms with van der Waals surface area (Å²) in [5.74, 6) is 0.897. The smallest absolute Gasteiger partial charge is 0.170 e. The highest BCUT2D eigenvalue weighted by Gasteiger charge is 2.41. The molecule has 34 heavy (non-hydrogen) atoms. The van der Waals surface area contributed by atoms with Crippen molar-refractivity contribution in [2.45, 2.75) is 25.4 Å². The lowest BCUT2D eigenvalue weighted by Crippen LogP contribution is -2.32. The van der Waals surface area contributed by atoms with E-state index in [1.807, 2.05) is 42.7 Å². The molecule has 1 aliphatic heterocycles. The van der Waals surface area contributed by atoms with E-state index in [1.54, 1.807) is 0 Å². The molecule has 1 aliphatic rings. The van der Waals surface area contributed by atoms with E-state index in [0.717, 1.165) is 53.1 Å². The molecule has 0 spiro atoms. The summed E-state index contributed by atoms with van der Waals surface area (Å²) in [6.45, 7) is 3.74. The van der Waals surface area contributed by atoms with E-state index in [1.165, 1.54) is 0 Å². The van der Waals surface area contributed by atoms with E-state index in [2.05, 4.69) is 85.7 Å². The third kappa shape index (κ3) is 4.65. The van der Waals surface area contributed by atoms with Gasteiger partial charge in [0.15, 0.2) is 5.11 Å². The summed E-state index contributed by atoms with van der Waals surface area (Å²) in [5, 5.41) is 7.80. The van der Waals surface area contributed by atoms with Gasteiger partial charge in [0.25, 0.3) is 0 Å². The number of benzene rings is 1. The second-order valence-electron chi connectivity index (χ2n) is 8.46. The van der Waals surface area contributed by atoms with Gasteiger partial charge in [-0.2, -0.15) is 0 Å². The number of anilines is 1. The number of pyridine rings is 2. The van der Waals surface area contributed by atoms with Gasteiger partial charge in [-0.3, -0.25) is 4.98 Å². The Balaban J connectivity index is 1.42. The van der Waals surface area contributed by atoms with E-state index < -0.39 is 0 Å². The van der Waals surface area contributed by atoms with Crippen LogP contribution in [0.4, 0.5) is 5.69 Å². The predicted octanol–water partition coefficient (Wildman–Crippen LogP) is 5.05. The van der Waals surface area contributed by atoms with E-state index in [-0.39, 0.29) is 12.1 Å². The first-order chi connectivity index (χ1) is 16.7. The standard InChI is InChI=1S/C27H28N6S/c1-20-13-14-24(30-19-20)32-17-7-12-23(32)26-25(22-11-5-6-15-29-22)31-27(34)33(26)18-8-16-28-21-9-3-2-4-10-21/h2-7,9-15,17,19,25-26,28H,8,16,18H2,1H3,(H,31,34)/t25-,26-/m1/s1. The maximum absolute atomic E-state index is 5.83. The molecule has 0 saturated carbocycles. The van der Waals surface area contributed by atoms with Gasteiger partial charge in [0.1, 0.15) is 5.82 Å². The van der Waals surface area contributed by atoms with Crippen LogP contribution >= 0.6 is 12.2 Å². The monoisotopic (exact) mass is 468 g/mol. The number of nitrogens with one attached hydrogen (secondary N) is 2. The van der Waals surface area contributed by atoms with Gasteiger partial charge in [0.05, 0.1) is 17.8 Å². The Morgan fingerprint density at radius 1 is 0.971 bits per heavy atom. The minimum Gasteiger partial charge on any atom is -0.385 e. The van der Waals surface area contributed by atoms with Gasteiger partial charge in [0.2, 0.25) is 0 Å². The number of aromatic nitrogens is 3. The molecule has 0 unspecified atom stereocenters. The van der Waals surface area contributed by atoms with Crippen molar-refractivity contribution in [2.24, 2.45) is 0 Å². The zero-order valence-electron chi connectivity index (χ0n) is 19.1. The molecule has 0 aliphatic carbocycles. The van der Waals surface area contributed by atoms with Gasteiger partial charge >= 0.3 is 0 Å². The van der Waals surface area contributed by atoms with Crippen LogP contribution in [0.25, 0.3) is 5.82 Å². The zero-order chi connectivity index (χ0) is 23.3. The van der Waals surface area contributed by atoms with E-state index in [9.17, 15) is 0 Å². The van der Waals surface area contributed by atoms with Crippen molar-refractivity contribution in [3.05, 3.63) is 108 Å². The van der Waals surface area contributed by atoms with Crippen molar-refractivity contribution in [2.75, 3.05) is 18.4 Å². The molecule has 5 rings (SSSR count). The molecule has 7 heteroatoms. The first kappa shape index (κ1) is 22.1. The Kier molecular flexibility index (Phi) is 6.53. The van der Waals surface area contributed by atoms with Crippen LogP contribution in [0.15, 0.2) is 91.4 Å². The van der Waals surface area contributed by atoms with Crippen LogP contribution in [-0.2, 0) is 0 Å². The minimum atomic E-state index is -0.0464. The fraction of sp³-hybridized carbons (Fsp3) is 0.222. The number of hydrogen-bond acceptors (Lipinski definition) is 4. The number of aryl methyl sites for hydroxylation is 1. The highest BCUT2D eigenvalue weighted by atomic mass is 32.1. The fourth-order valence-electron chi connectivity index (χ4n) is 4.45. The van der Waals surface area contributed by atoms with Gasteiger partial charge in [-0.25, -0.2) is 4.98 Å². The minimum absolute atomic E-state index is 0.00257. The summed E-state index contributed by atoms with van der Waals surface area (Å²) in [6, 6.07) is 24.6. The highest BCUT2D eigenvalue weighted by molar-refractivity contribution is 7.80. The van der Waals surface area contributed by atoms with Gasteiger partial charge in [0, 0.05) is 43.1 Å². The quantitative estimate of drug-likeness (QED) is 0.279. The lowest BCUT2D eigenvalue weighted by atomic mass is 10.0. The molecule has 172 valence electrons. The van der Waals surface area contributed by atoms with Gasteiger partial charge < -0.3 is 20.1 Å². The van der Waals surface area contributed by atoms with Crippen molar-refractivity contribution in [3.8, 4) is 5.82 Å². The molecule has 1 aromatic carbocycles. The Morgan fingerprint density at radius 2 is 1.82 bits per heavy atom. The molecule has 2 N–H and O–H groups in total. The van der Waals surface area contributed by atoms with Crippen LogP contribution in [-0.4, -0.2) is 37.6 Å². The molecule has 0 amide bonds. The Bertz CT molecular complexity index is 1220. The third-order valence-electron chi connectivity index (χ3n) is 6.10. The Morgan fingerprint density at radius 3 is 2.59 bits per heavy atom. The third-order valence-corrected chi connectivity index (χ3v) is 6.45. The van der Waals surface area contributed by atoms with Crippen molar-refractivity contribution in [3.63, 3.8) is 0 Å². The van der Waals surface area contributed by atoms with Gasteiger partial charge in [-0.1, -0.05) is 30.3 Å². The normalized spacial score (nSPS) is 17.6. The molecule has 6 nitrogen and oxygen atoms in total. The molecule has 0 bridgehead atoms. The van der Waals surface area contributed by atoms with E-state index in [0.29, 0.717) is 0 Å². The van der Waals surface area contributed by atoms with E-state index >= 15 is 0 Å². The zero-order valence-corrected chi connectivity index (χ0v) is 19.9. The first-order valence-corrected chi connectivity index (χ1v) is 12.0. The number of hydrogen-bond donors (Lipinski definition) is 2. The fourth-order valence-corrected chi connectivity index (χ4v) is 4.78. The molecule has 2 atom stereocenters. The average Bonchev–Trinajstić information content (AvgIpc) is 3.48. The van der Waals surface area contributed by atoms with Crippen LogP contribution in [0.1, 0.15) is 35.5 Å². The Labute approximate surface area is 205 Å². The van der Waals surface area contributed by atoms with Crippen molar-refractivity contribution in [1.82, 2.24) is 24.8 Å². The SMILES string of the molecule is Cc1ccc(-n2cccc2[C@@H]2[C@@H](c3ccccn3)NC(=S)N2CCCNc2ccccc2)nc1. The van der Waals surface area contributed by atoms with Crippen molar-refractivity contribution < 1.29 is 0 Å². The lowest BCUT2D eigenvalue weighted by Gasteiger charge is -2.29. The number of para-hydroxylation sites is 1. The second-order valence-corrected chi connectivity index (χ2v) is 8.85. The predicted molar refractivity (Wildman–Crippen MR) is 140 cm³/mol. The largest absolute Gasteiger partial charge is 0.385 e. The topological polar surface area (TPSA) is 58.0 Å². The second kappa shape index (κ2) is 10.1. The molecule has 4 heterocycles. The summed E-state index contributed by atoms with van der Waals surface area (Å²) in [5.41, 5.74) is 4.38. The summed E-state index contributed by atoms with van der Waals surface area (Å²) in [6.07, 6.45) is 6.76. The molecular formula is C27H28N6S. The lowest BCUT2D eigenvalue weighted by molar-refractivity contribution is 0.307. The number of nitrogens with zero attached hydrogens (tertiary/aromatic N) is 4. The van der Waals surface area contributed by atoms with Crippen molar-refractivity contribution >= 4 is 23.0 Å². The van der Waals surface area contributed by atoms with Crippen LogP contribution in [0.2, 0.25) is 0 Å². The summed E-state index contributed by atoms with van der Waals surface area (Å²) in [4.78, 5) is 11.6. The molecular weight excluding hydrogens is 440 g/mol. The maximum atomic E-state index is 5.83. The van der Waals surface area contributed by atoms with Crippen LogP contribution in [0.5, 0.6) is 0 Å². The molecule has 1 fully saturated rings. The summed E-state index contributed by atoms with van der Waals surface area (Å²) < 4.78 is 2.16. The molecule has 1 saturated heterocycles. The summed E-state index contributed by atoms with van der Waals surface area (Å²) in [7, 11) is 0. The van der Waals surface area contributed by atoms with Gasteiger partial charge in [-0.15, -0.1) is 0 Å². The average molecular weight is 469 g/mol. The molecule has 3 aromatic heterocycles. The highest BCUT2D eigenvalue weighted by Crippen LogP contribution is 2.39. The first-order valence-electron chi connectivity index (χ1n) is 11.6. The molecule has 0 radical (unpaired) electrons. The maximum Gasteiger partial charge on any atom is 0.170 e. The van der Waals surface area contributed by atoms with Crippen molar-refractivity contribution in [1.29, 1.82) is 0 Å². The number of rotatable bonds is 8. The molecule has 4 aromatic rings. The van der Waals surface area contributed by atoms with Gasteiger partial charge in [-0.05, 0) is 73.6 Å².